The summed E-state index contributed by atoms with van der Waals surface area (Å²) in [5, 5.41) is 7.50. The second kappa shape index (κ2) is 10.6. The van der Waals surface area contributed by atoms with Gasteiger partial charge in [0.15, 0.2) is 12.3 Å². The number of amides is 2. The minimum Gasteiger partial charge on any atom is -0.497 e. The number of carbonyl (C=O) groups is 3. The van der Waals surface area contributed by atoms with Gasteiger partial charge in [0.25, 0.3) is 11.5 Å². The number of rotatable bonds is 8. The molecule has 2 aromatic carbocycles. The summed E-state index contributed by atoms with van der Waals surface area (Å²) in [6.07, 6.45) is 0. The van der Waals surface area contributed by atoms with E-state index in [1.807, 2.05) is 0 Å². The summed E-state index contributed by atoms with van der Waals surface area (Å²) in [6, 6.07) is 13.1. The Morgan fingerprint density at radius 1 is 1.09 bits per heavy atom. The van der Waals surface area contributed by atoms with Crippen LogP contribution in [-0.4, -0.2) is 59.8 Å². The number of anilines is 1. The maximum absolute atomic E-state index is 12.7. The molecule has 178 valence electrons. The first kappa shape index (κ1) is 24.4. The van der Waals surface area contributed by atoms with E-state index in [1.54, 1.807) is 62.4 Å². The lowest BCUT2D eigenvalue weighted by Crippen LogP contribution is -2.37. The molecule has 0 radical (unpaired) electrons. The van der Waals surface area contributed by atoms with Crippen molar-refractivity contribution < 1.29 is 23.9 Å². The number of hydrogen-bond acceptors (Lipinski definition) is 7. The summed E-state index contributed by atoms with van der Waals surface area (Å²) in [5.74, 6) is -1.25. The van der Waals surface area contributed by atoms with E-state index in [1.165, 1.54) is 18.8 Å². The summed E-state index contributed by atoms with van der Waals surface area (Å²) in [6.45, 7) is 2.71. The quantitative estimate of drug-likeness (QED) is 0.506. The number of benzene rings is 2. The number of esters is 1. The van der Waals surface area contributed by atoms with Crippen LogP contribution in [0.25, 0.3) is 10.8 Å². The third-order valence-electron chi connectivity index (χ3n) is 5.00. The highest BCUT2D eigenvalue weighted by molar-refractivity contribution is 6.02. The molecule has 1 heterocycles. The molecule has 1 aromatic heterocycles. The minimum absolute atomic E-state index is 0.0601. The molecule has 0 bridgehead atoms. The number of nitrogens with zero attached hydrogens (tertiary/aromatic N) is 3. The van der Waals surface area contributed by atoms with Crippen molar-refractivity contribution >= 4 is 34.2 Å². The highest BCUT2D eigenvalue weighted by atomic mass is 16.5. The molecule has 1 N–H and O–H groups in total. The average Bonchev–Trinajstić information content (AvgIpc) is 2.82. The van der Waals surface area contributed by atoms with E-state index in [9.17, 15) is 19.2 Å². The standard InChI is InChI=1S/C24H26N4O6/c1-15(2)28-23(31)19-11-6-5-10-18(19)22(26-28)24(32)34-14-21(30)27(3)13-20(29)25-16-8-7-9-17(12-16)33-4/h5-12,15H,13-14H2,1-4H3,(H,25,29). The molecule has 10 heteroatoms. The molecular weight excluding hydrogens is 440 g/mol. The third-order valence-corrected chi connectivity index (χ3v) is 5.00. The number of hydrogen-bond donors (Lipinski definition) is 1. The van der Waals surface area contributed by atoms with Gasteiger partial charge in [-0.1, -0.05) is 24.3 Å². The molecule has 0 saturated carbocycles. The summed E-state index contributed by atoms with van der Waals surface area (Å²) in [4.78, 5) is 51.2. The Labute approximate surface area is 196 Å². The van der Waals surface area contributed by atoms with Crippen LogP contribution >= 0.6 is 0 Å². The number of nitrogens with one attached hydrogen (secondary N) is 1. The Kier molecular flexibility index (Phi) is 7.62. The van der Waals surface area contributed by atoms with Gasteiger partial charge in [-0.15, -0.1) is 0 Å². The van der Waals surface area contributed by atoms with Gasteiger partial charge in [-0.2, -0.15) is 5.10 Å². The van der Waals surface area contributed by atoms with Crippen LogP contribution in [0.3, 0.4) is 0 Å². The molecule has 2 amide bonds. The lowest BCUT2D eigenvalue weighted by molar-refractivity contribution is -0.136. The van der Waals surface area contributed by atoms with Gasteiger partial charge < -0.3 is 19.7 Å². The SMILES string of the molecule is COc1cccc(NC(=O)CN(C)C(=O)COC(=O)c2nn(C(C)C)c(=O)c3ccccc23)c1. The third kappa shape index (κ3) is 5.58. The van der Waals surface area contributed by atoms with E-state index >= 15 is 0 Å². The predicted octanol–water partition coefficient (Wildman–Crippen LogP) is 2.24. The van der Waals surface area contributed by atoms with Crippen LogP contribution in [-0.2, 0) is 14.3 Å². The highest BCUT2D eigenvalue weighted by Crippen LogP contribution is 2.17. The lowest BCUT2D eigenvalue weighted by atomic mass is 10.1. The minimum atomic E-state index is -0.840. The van der Waals surface area contributed by atoms with Crippen molar-refractivity contribution in [3.8, 4) is 5.75 Å². The molecular formula is C24H26N4O6. The first-order valence-electron chi connectivity index (χ1n) is 10.6. The van der Waals surface area contributed by atoms with Crippen LogP contribution in [0.15, 0.2) is 53.3 Å². The molecule has 0 aliphatic heterocycles. The zero-order chi connectivity index (χ0) is 24.8. The van der Waals surface area contributed by atoms with Gasteiger partial charge in [-0.3, -0.25) is 14.4 Å². The Bertz CT molecular complexity index is 1280. The molecule has 0 unspecified atom stereocenters. The van der Waals surface area contributed by atoms with E-state index in [0.29, 0.717) is 22.2 Å². The number of ether oxygens (including phenoxy) is 2. The number of fused-ring (bicyclic) bond motifs is 1. The molecule has 34 heavy (non-hydrogen) atoms. The topological polar surface area (TPSA) is 120 Å². The fourth-order valence-electron chi connectivity index (χ4n) is 3.22. The lowest BCUT2D eigenvalue weighted by Gasteiger charge is -2.17. The van der Waals surface area contributed by atoms with Crippen molar-refractivity contribution in [2.75, 3.05) is 32.6 Å². The molecule has 0 fully saturated rings. The molecule has 0 atom stereocenters. The van der Waals surface area contributed by atoms with Gasteiger partial charge in [0, 0.05) is 24.2 Å². The fourth-order valence-corrected chi connectivity index (χ4v) is 3.22. The second-order valence-electron chi connectivity index (χ2n) is 7.84. The van der Waals surface area contributed by atoms with E-state index < -0.39 is 24.4 Å². The summed E-state index contributed by atoms with van der Waals surface area (Å²) in [7, 11) is 2.94. The fraction of sp³-hybridized carbons (Fsp3) is 0.292. The second-order valence-corrected chi connectivity index (χ2v) is 7.84. The Balaban J connectivity index is 1.65. The molecule has 10 nitrogen and oxygen atoms in total. The number of methoxy groups -OCH3 is 1. The van der Waals surface area contributed by atoms with Gasteiger partial charge in [0.1, 0.15) is 5.75 Å². The molecule has 0 aliphatic rings. The van der Waals surface area contributed by atoms with Gasteiger partial charge in [0.05, 0.1) is 25.1 Å². The van der Waals surface area contributed by atoms with Crippen molar-refractivity contribution in [1.29, 1.82) is 0 Å². The van der Waals surface area contributed by atoms with E-state index in [0.717, 1.165) is 4.90 Å². The maximum atomic E-state index is 12.7. The van der Waals surface area contributed by atoms with Crippen LogP contribution in [0.1, 0.15) is 30.4 Å². The van der Waals surface area contributed by atoms with Crippen molar-refractivity contribution in [3.63, 3.8) is 0 Å². The van der Waals surface area contributed by atoms with Crippen molar-refractivity contribution in [2.45, 2.75) is 19.9 Å². The van der Waals surface area contributed by atoms with Crippen molar-refractivity contribution in [2.24, 2.45) is 0 Å². The first-order valence-corrected chi connectivity index (χ1v) is 10.6. The smallest absolute Gasteiger partial charge is 0.359 e. The van der Waals surface area contributed by atoms with Crippen LogP contribution in [0.5, 0.6) is 5.75 Å². The van der Waals surface area contributed by atoms with Crippen LogP contribution < -0.4 is 15.6 Å². The highest BCUT2D eigenvalue weighted by Gasteiger charge is 2.21. The average molecular weight is 466 g/mol. The van der Waals surface area contributed by atoms with Crippen molar-refractivity contribution in [3.05, 3.63) is 64.6 Å². The van der Waals surface area contributed by atoms with E-state index in [2.05, 4.69) is 10.4 Å². The Morgan fingerprint density at radius 2 is 1.79 bits per heavy atom. The maximum Gasteiger partial charge on any atom is 0.359 e. The molecule has 3 rings (SSSR count). The summed E-state index contributed by atoms with van der Waals surface area (Å²) >= 11 is 0. The zero-order valence-electron chi connectivity index (χ0n) is 19.4. The molecule has 3 aromatic rings. The van der Waals surface area contributed by atoms with E-state index in [-0.39, 0.29) is 23.8 Å². The molecule has 0 saturated heterocycles. The molecule has 0 spiro atoms. The molecule has 0 aliphatic carbocycles. The van der Waals surface area contributed by atoms with Crippen LogP contribution in [0.2, 0.25) is 0 Å². The summed E-state index contributed by atoms with van der Waals surface area (Å²) in [5.41, 5.74) is 0.144. The first-order chi connectivity index (χ1) is 16.2. The normalized spacial score (nSPS) is 10.7. The largest absolute Gasteiger partial charge is 0.497 e. The van der Waals surface area contributed by atoms with Gasteiger partial charge in [-0.05, 0) is 32.0 Å². The Hall–Kier alpha value is -4.21. The predicted molar refractivity (Wildman–Crippen MR) is 126 cm³/mol. The van der Waals surface area contributed by atoms with Crippen LogP contribution in [0.4, 0.5) is 5.69 Å². The van der Waals surface area contributed by atoms with E-state index in [4.69, 9.17) is 9.47 Å². The number of likely N-dealkylation sites (N-methyl/N-ethyl adjacent to an activating group) is 1. The Morgan fingerprint density at radius 3 is 2.47 bits per heavy atom. The van der Waals surface area contributed by atoms with Crippen molar-refractivity contribution in [1.82, 2.24) is 14.7 Å². The van der Waals surface area contributed by atoms with Gasteiger partial charge in [-0.25, -0.2) is 9.48 Å². The van der Waals surface area contributed by atoms with Gasteiger partial charge >= 0.3 is 5.97 Å². The zero-order valence-corrected chi connectivity index (χ0v) is 19.4. The monoisotopic (exact) mass is 466 g/mol. The van der Waals surface area contributed by atoms with Crippen LogP contribution in [0, 0.1) is 0 Å². The number of aromatic nitrogens is 2. The van der Waals surface area contributed by atoms with Gasteiger partial charge in [0.2, 0.25) is 5.91 Å². The number of carbonyl (C=O) groups excluding carboxylic acids is 3. The summed E-state index contributed by atoms with van der Waals surface area (Å²) < 4.78 is 11.5.